The van der Waals surface area contributed by atoms with Crippen LogP contribution in [0.2, 0.25) is 0 Å². The number of hydrogen-bond donors (Lipinski definition) is 0. The van der Waals surface area contributed by atoms with Gasteiger partial charge in [0, 0.05) is 23.8 Å². The lowest BCUT2D eigenvalue weighted by atomic mass is 9.74. The van der Waals surface area contributed by atoms with E-state index in [1.165, 1.54) is 22.3 Å². The van der Waals surface area contributed by atoms with Crippen molar-refractivity contribution in [2.24, 2.45) is 11.8 Å². The summed E-state index contributed by atoms with van der Waals surface area (Å²) in [7, 11) is 0. The summed E-state index contributed by atoms with van der Waals surface area (Å²) < 4.78 is 32.6. The van der Waals surface area contributed by atoms with Gasteiger partial charge in [-0.05, 0) is 68.2 Å². The molecule has 1 unspecified atom stereocenters. The summed E-state index contributed by atoms with van der Waals surface area (Å²) in [6.45, 7) is 6.21. The van der Waals surface area contributed by atoms with Gasteiger partial charge >= 0.3 is 5.97 Å². The van der Waals surface area contributed by atoms with E-state index < -0.39 is 12.0 Å². The number of rotatable bonds is 0. The van der Waals surface area contributed by atoms with Crippen LogP contribution in [-0.2, 0) is 33.5 Å². The number of esters is 1. The van der Waals surface area contributed by atoms with Crippen LogP contribution in [0.25, 0.3) is 0 Å². The molecule has 3 aliphatic heterocycles. The van der Waals surface area contributed by atoms with Crippen LogP contribution < -0.4 is 4.74 Å². The molecule has 5 heteroatoms. The molecule has 6 atom stereocenters. The Morgan fingerprint density at radius 2 is 1.96 bits per heavy atom. The normalized spacial score (nSPS) is 42.0. The lowest BCUT2D eigenvalue weighted by Gasteiger charge is -2.35. The number of carbonyl (C=O) groups excluding carboxylic acids is 1. The van der Waals surface area contributed by atoms with Crippen molar-refractivity contribution < 1.29 is 23.4 Å². The Labute approximate surface area is 164 Å². The maximum Gasteiger partial charge on any atom is 0.309 e. The monoisotopic (exact) mass is 386 g/mol. The lowest BCUT2D eigenvalue weighted by molar-refractivity contribution is -0.153. The van der Waals surface area contributed by atoms with E-state index in [1.807, 2.05) is 6.92 Å². The highest BCUT2D eigenvalue weighted by Gasteiger charge is 2.66. The maximum atomic E-state index is 14.5. The van der Waals surface area contributed by atoms with Gasteiger partial charge in [0.2, 0.25) is 6.36 Å². The predicted octanol–water partition coefficient (Wildman–Crippen LogP) is 4.01. The second-order valence-corrected chi connectivity index (χ2v) is 9.99. The molecule has 0 radical (unpaired) electrons. The van der Waals surface area contributed by atoms with Gasteiger partial charge in [0.25, 0.3) is 0 Å². The second-order valence-electron chi connectivity index (χ2n) is 9.99. The molecule has 28 heavy (non-hydrogen) atoms. The zero-order valence-corrected chi connectivity index (χ0v) is 16.7. The summed E-state index contributed by atoms with van der Waals surface area (Å²) in [4.78, 5) is 12.2. The van der Waals surface area contributed by atoms with E-state index >= 15 is 0 Å². The third kappa shape index (κ3) is 2.01. The molecular formula is C23H27FO4. The average Bonchev–Trinajstić information content (AvgIpc) is 3.18. The quantitative estimate of drug-likeness (QED) is 0.632. The van der Waals surface area contributed by atoms with Crippen LogP contribution in [-0.4, -0.2) is 29.6 Å². The van der Waals surface area contributed by atoms with Crippen LogP contribution in [0.1, 0.15) is 68.2 Å². The predicted molar refractivity (Wildman–Crippen MR) is 100 cm³/mol. The van der Waals surface area contributed by atoms with Gasteiger partial charge in [0.15, 0.2) is 0 Å². The van der Waals surface area contributed by atoms with Crippen LogP contribution in [0.3, 0.4) is 0 Å². The molecule has 2 saturated heterocycles. The van der Waals surface area contributed by atoms with Crippen molar-refractivity contribution in [3.05, 3.63) is 28.3 Å². The van der Waals surface area contributed by atoms with Gasteiger partial charge < -0.3 is 14.2 Å². The first-order valence-electron chi connectivity index (χ1n) is 10.7. The Morgan fingerprint density at radius 3 is 2.79 bits per heavy atom. The molecule has 0 bridgehead atoms. The Balaban J connectivity index is 1.50. The first-order chi connectivity index (χ1) is 13.3. The number of ether oxygens (including phenoxy) is 3. The van der Waals surface area contributed by atoms with Gasteiger partial charge in [0.1, 0.15) is 17.5 Å². The molecular weight excluding hydrogens is 359 g/mol. The van der Waals surface area contributed by atoms with E-state index in [9.17, 15) is 9.18 Å². The molecule has 0 saturated carbocycles. The largest absolute Gasteiger partial charge is 0.460 e. The van der Waals surface area contributed by atoms with Crippen molar-refractivity contribution in [2.45, 2.75) is 88.9 Å². The molecule has 6 rings (SSSR count). The van der Waals surface area contributed by atoms with E-state index in [4.69, 9.17) is 14.2 Å². The van der Waals surface area contributed by atoms with Crippen molar-refractivity contribution >= 4 is 5.97 Å². The van der Waals surface area contributed by atoms with Gasteiger partial charge in [-0.2, -0.15) is 0 Å². The fourth-order valence-electron chi connectivity index (χ4n) is 7.04. The lowest BCUT2D eigenvalue weighted by Crippen LogP contribution is -2.46. The number of halogens is 1. The number of carbonyl (C=O) groups is 1. The maximum absolute atomic E-state index is 14.5. The van der Waals surface area contributed by atoms with E-state index in [2.05, 4.69) is 19.9 Å². The SMILES string of the molecule is C[C@@H]1C(F)Oc2cc3c(c4c2[C@@H]1CC4)CC[C@H]1C(C)(C)O[C@@H]2CC(=O)O[C@@]21C3. The van der Waals surface area contributed by atoms with Crippen LogP contribution in [0, 0.1) is 11.8 Å². The zero-order valence-electron chi connectivity index (χ0n) is 16.7. The van der Waals surface area contributed by atoms with Crippen LogP contribution in [0.4, 0.5) is 4.39 Å². The highest BCUT2D eigenvalue weighted by Crippen LogP contribution is 2.57. The van der Waals surface area contributed by atoms with Crippen molar-refractivity contribution in [1.82, 2.24) is 0 Å². The fraction of sp³-hybridized carbons (Fsp3) is 0.696. The molecule has 3 heterocycles. The topological polar surface area (TPSA) is 44.8 Å². The minimum atomic E-state index is -1.25. The highest BCUT2D eigenvalue weighted by atomic mass is 19.1. The van der Waals surface area contributed by atoms with Crippen molar-refractivity contribution in [2.75, 3.05) is 0 Å². The van der Waals surface area contributed by atoms with Gasteiger partial charge in [-0.1, -0.05) is 6.92 Å². The first-order valence-corrected chi connectivity index (χ1v) is 10.7. The minimum Gasteiger partial charge on any atom is -0.460 e. The van der Waals surface area contributed by atoms with Crippen LogP contribution >= 0.6 is 0 Å². The smallest absolute Gasteiger partial charge is 0.309 e. The molecule has 1 aromatic rings. The molecule has 2 aliphatic carbocycles. The standard InChI is InChI=1S/C23H27FO4/c1-11-13-4-5-15-14-6-7-17-22(2,3)27-18-9-19(25)28-23(17,18)10-12(14)8-16(20(13)15)26-21(11)24/h8,11,13,17-18,21H,4-7,9-10H2,1-3H3/t11-,13+,17-,18+,21?,23+/m0/s1. The molecule has 2 fully saturated rings. The van der Waals surface area contributed by atoms with Crippen molar-refractivity contribution in [3.8, 4) is 5.75 Å². The summed E-state index contributed by atoms with van der Waals surface area (Å²) in [6.07, 6.45) is 3.44. The molecule has 0 amide bonds. The van der Waals surface area contributed by atoms with Gasteiger partial charge in [0.05, 0.1) is 12.0 Å². The highest BCUT2D eigenvalue weighted by molar-refractivity contribution is 5.74. The Kier molecular flexibility index (Phi) is 3.26. The number of hydrogen-bond acceptors (Lipinski definition) is 4. The van der Waals surface area contributed by atoms with Crippen molar-refractivity contribution in [3.63, 3.8) is 0 Å². The summed E-state index contributed by atoms with van der Waals surface area (Å²) in [5.74, 6) is 0.889. The zero-order chi connectivity index (χ0) is 19.4. The fourth-order valence-corrected chi connectivity index (χ4v) is 7.04. The molecule has 0 aromatic heterocycles. The third-order valence-corrected chi connectivity index (χ3v) is 8.24. The van der Waals surface area contributed by atoms with Crippen LogP contribution in [0.5, 0.6) is 5.75 Å². The molecule has 1 aromatic carbocycles. The molecule has 1 spiro atoms. The molecule has 5 aliphatic rings. The number of alkyl halides is 1. The van der Waals surface area contributed by atoms with E-state index in [-0.39, 0.29) is 35.4 Å². The molecule has 4 nitrogen and oxygen atoms in total. The molecule has 0 N–H and O–H groups in total. The summed E-state index contributed by atoms with van der Waals surface area (Å²) in [6, 6.07) is 2.05. The van der Waals surface area contributed by atoms with E-state index in [0.29, 0.717) is 12.8 Å². The van der Waals surface area contributed by atoms with Gasteiger partial charge in [-0.25, -0.2) is 4.39 Å². The van der Waals surface area contributed by atoms with E-state index in [1.54, 1.807) is 0 Å². The Morgan fingerprint density at radius 1 is 1.18 bits per heavy atom. The average molecular weight is 386 g/mol. The Bertz CT molecular complexity index is 893. The summed E-state index contributed by atoms with van der Waals surface area (Å²) in [5.41, 5.74) is 4.29. The minimum absolute atomic E-state index is 0.0944. The van der Waals surface area contributed by atoms with Gasteiger partial charge in [-0.15, -0.1) is 0 Å². The summed E-state index contributed by atoms with van der Waals surface area (Å²) >= 11 is 0. The second kappa shape index (κ2) is 5.29. The summed E-state index contributed by atoms with van der Waals surface area (Å²) in [5, 5.41) is 0. The van der Waals surface area contributed by atoms with Crippen LogP contribution in [0.15, 0.2) is 6.07 Å². The Hall–Kier alpha value is -1.62. The van der Waals surface area contributed by atoms with Gasteiger partial charge in [-0.3, -0.25) is 4.79 Å². The molecule has 150 valence electrons. The van der Waals surface area contributed by atoms with E-state index in [0.717, 1.165) is 31.4 Å². The third-order valence-electron chi connectivity index (χ3n) is 8.24. The number of benzene rings is 1. The van der Waals surface area contributed by atoms with Crippen molar-refractivity contribution in [1.29, 1.82) is 0 Å². The first kappa shape index (κ1) is 17.3. The number of fused-ring (bicyclic) bond motifs is 2.